The summed E-state index contributed by atoms with van der Waals surface area (Å²) in [6, 6.07) is 2.67. The zero-order valence-corrected chi connectivity index (χ0v) is 32.4. The second-order valence-corrected chi connectivity index (χ2v) is 14.8. The van der Waals surface area contributed by atoms with Gasteiger partial charge in [0.15, 0.2) is 0 Å². The van der Waals surface area contributed by atoms with Crippen LogP contribution in [0, 0.1) is 17.8 Å². The van der Waals surface area contributed by atoms with Crippen molar-refractivity contribution in [2.45, 2.75) is 110 Å². The van der Waals surface area contributed by atoms with Gasteiger partial charge in [0.1, 0.15) is 30.2 Å². The number of carboxylic acids is 1. The molecule has 0 heterocycles. The Bertz CT molecular complexity index is 1350. The molecule has 7 atom stereocenters. The van der Waals surface area contributed by atoms with E-state index in [4.69, 9.17) is 5.73 Å². The number of nitrogens with one attached hydrogen (secondary N) is 6. The SMILES string of the molecule is CC[C@H](C)[C@H](NC(=O)CNC(=O)[C@H](CC(C)C)NC(=O)[C@H](C)NC(=O)[C@@H](N)C(C)C)C(=O)N[C@@H](CCSC)C(=O)N[C@@H](Cc1ccccc1)C(=O)O. The minimum atomic E-state index is -1.23. The molecule has 0 aromatic heterocycles. The molecule has 0 aliphatic carbocycles. The Hall–Kier alpha value is -4.18. The molecule has 0 radical (unpaired) electrons. The molecule has 0 unspecified atom stereocenters. The highest BCUT2D eigenvalue weighted by atomic mass is 32.2. The third-order valence-corrected chi connectivity index (χ3v) is 9.13. The predicted molar refractivity (Wildman–Crippen MR) is 201 cm³/mol. The molecule has 6 amide bonds. The highest BCUT2D eigenvalue weighted by molar-refractivity contribution is 7.98. The molecule has 0 bridgehead atoms. The number of hydrogen-bond donors (Lipinski definition) is 8. The summed E-state index contributed by atoms with van der Waals surface area (Å²) in [6.45, 7) is 11.8. The molecule has 0 aliphatic heterocycles. The molecule has 52 heavy (non-hydrogen) atoms. The van der Waals surface area contributed by atoms with Crippen LogP contribution in [0.15, 0.2) is 30.3 Å². The first kappa shape index (κ1) is 45.8. The summed E-state index contributed by atoms with van der Waals surface area (Å²) in [5, 5.41) is 25.4. The fourth-order valence-electron chi connectivity index (χ4n) is 4.98. The smallest absolute Gasteiger partial charge is 0.326 e. The van der Waals surface area contributed by atoms with E-state index in [2.05, 4.69) is 31.9 Å². The number of thioether (sulfide) groups is 1. The number of aliphatic carboxylic acids is 1. The van der Waals surface area contributed by atoms with Crippen LogP contribution in [0.4, 0.5) is 0 Å². The van der Waals surface area contributed by atoms with E-state index in [1.165, 1.54) is 18.7 Å². The van der Waals surface area contributed by atoms with E-state index in [1.807, 2.05) is 27.0 Å². The first-order valence-electron chi connectivity index (χ1n) is 17.7. The summed E-state index contributed by atoms with van der Waals surface area (Å²) in [5.74, 6) is -4.96. The Balaban J connectivity index is 2.98. The van der Waals surface area contributed by atoms with E-state index in [-0.39, 0.29) is 37.0 Å². The third kappa shape index (κ3) is 16.4. The van der Waals surface area contributed by atoms with Crippen LogP contribution in [0.2, 0.25) is 0 Å². The number of benzene rings is 1. The quantitative estimate of drug-likeness (QED) is 0.0780. The Labute approximate surface area is 311 Å². The Kier molecular flexibility index (Phi) is 20.6. The number of hydrogen-bond acceptors (Lipinski definition) is 9. The van der Waals surface area contributed by atoms with Gasteiger partial charge in [-0.25, -0.2) is 4.79 Å². The summed E-state index contributed by atoms with van der Waals surface area (Å²) in [4.78, 5) is 90.4. The van der Waals surface area contributed by atoms with Crippen LogP contribution in [0.25, 0.3) is 0 Å². The molecule has 0 spiro atoms. The molecule has 0 saturated carbocycles. The van der Waals surface area contributed by atoms with Crippen molar-refractivity contribution in [2.24, 2.45) is 23.5 Å². The lowest BCUT2D eigenvalue weighted by atomic mass is 9.97. The monoisotopic (exact) mass is 749 g/mol. The lowest BCUT2D eigenvalue weighted by molar-refractivity contribution is -0.142. The first-order valence-corrected chi connectivity index (χ1v) is 19.1. The van der Waals surface area contributed by atoms with Gasteiger partial charge in [0, 0.05) is 6.42 Å². The average Bonchev–Trinajstić information content (AvgIpc) is 3.09. The van der Waals surface area contributed by atoms with Gasteiger partial charge in [0.25, 0.3) is 0 Å². The van der Waals surface area contributed by atoms with Crippen molar-refractivity contribution in [3.05, 3.63) is 35.9 Å². The van der Waals surface area contributed by atoms with Gasteiger partial charge in [-0.2, -0.15) is 11.8 Å². The molecule has 0 saturated heterocycles. The predicted octanol–water partition coefficient (Wildman–Crippen LogP) is 0.702. The molecule has 0 fully saturated rings. The van der Waals surface area contributed by atoms with Gasteiger partial charge in [-0.15, -0.1) is 0 Å². The average molecular weight is 750 g/mol. The second-order valence-electron chi connectivity index (χ2n) is 13.8. The normalized spacial score (nSPS) is 15.2. The van der Waals surface area contributed by atoms with Crippen molar-refractivity contribution in [1.82, 2.24) is 31.9 Å². The molecule has 15 nitrogen and oxygen atoms in total. The minimum Gasteiger partial charge on any atom is -0.480 e. The van der Waals surface area contributed by atoms with Gasteiger partial charge in [-0.05, 0) is 55.1 Å². The molecular weight excluding hydrogens is 691 g/mol. The summed E-state index contributed by atoms with van der Waals surface area (Å²) in [7, 11) is 0. The zero-order valence-electron chi connectivity index (χ0n) is 31.6. The Morgan fingerprint density at radius 1 is 0.750 bits per heavy atom. The van der Waals surface area contributed by atoms with Crippen LogP contribution in [-0.2, 0) is 40.0 Å². The van der Waals surface area contributed by atoms with Crippen molar-refractivity contribution in [1.29, 1.82) is 0 Å². The van der Waals surface area contributed by atoms with Crippen molar-refractivity contribution < 1.29 is 38.7 Å². The van der Waals surface area contributed by atoms with Crippen molar-refractivity contribution >= 4 is 53.2 Å². The lowest BCUT2D eigenvalue weighted by Gasteiger charge is -2.27. The van der Waals surface area contributed by atoms with Crippen LogP contribution >= 0.6 is 11.8 Å². The van der Waals surface area contributed by atoms with Gasteiger partial charge < -0.3 is 42.7 Å². The van der Waals surface area contributed by atoms with E-state index < -0.39 is 84.2 Å². The van der Waals surface area contributed by atoms with Crippen LogP contribution in [0.3, 0.4) is 0 Å². The zero-order chi connectivity index (χ0) is 39.5. The van der Waals surface area contributed by atoms with Crippen molar-refractivity contribution in [3.63, 3.8) is 0 Å². The molecule has 1 aromatic carbocycles. The maximum absolute atomic E-state index is 13.6. The standard InChI is InChI=1S/C36H59N7O8S/c1-9-22(6)30(35(49)40-25(15-16-52-8)33(47)42-27(36(50)51)18-24-13-11-10-12-14-24)43-28(44)19-38-32(46)26(17-20(2)3)41-31(45)23(7)39-34(48)29(37)21(4)5/h10-14,20-23,25-27,29-30H,9,15-19,37H2,1-8H3,(H,38,46)(H,39,48)(H,40,49)(H,41,45)(H,42,47)(H,43,44)(H,50,51)/t22-,23-,25-,26-,27-,29-,30-/m0/s1. The number of carbonyl (C=O) groups is 7. The lowest BCUT2D eigenvalue weighted by Crippen LogP contribution is -2.58. The molecular formula is C36H59N7O8S. The van der Waals surface area contributed by atoms with E-state index in [0.717, 1.165) is 5.56 Å². The van der Waals surface area contributed by atoms with Gasteiger partial charge in [0.2, 0.25) is 35.4 Å². The Morgan fingerprint density at radius 3 is 1.88 bits per heavy atom. The molecule has 1 rings (SSSR count). The topological polar surface area (TPSA) is 238 Å². The van der Waals surface area contributed by atoms with Gasteiger partial charge in [-0.1, -0.05) is 78.3 Å². The molecule has 292 valence electrons. The molecule has 1 aromatic rings. The largest absolute Gasteiger partial charge is 0.480 e. The van der Waals surface area contributed by atoms with Gasteiger partial charge in [-0.3, -0.25) is 28.8 Å². The fraction of sp³-hybridized carbons (Fsp3) is 0.639. The second kappa shape index (κ2) is 23.4. The van der Waals surface area contributed by atoms with Crippen LogP contribution < -0.4 is 37.6 Å². The summed E-state index contributed by atoms with van der Waals surface area (Å²) >= 11 is 1.45. The van der Waals surface area contributed by atoms with Crippen molar-refractivity contribution in [2.75, 3.05) is 18.6 Å². The fourth-order valence-corrected chi connectivity index (χ4v) is 5.45. The highest BCUT2D eigenvalue weighted by Crippen LogP contribution is 2.11. The summed E-state index contributed by atoms with van der Waals surface area (Å²) in [6.07, 6.45) is 2.83. The maximum Gasteiger partial charge on any atom is 0.326 e. The number of amides is 6. The number of carboxylic acid groups (broad SMARTS) is 1. The van der Waals surface area contributed by atoms with Gasteiger partial charge in [0.05, 0.1) is 12.6 Å². The van der Waals surface area contributed by atoms with Gasteiger partial charge >= 0.3 is 5.97 Å². The number of nitrogens with two attached hydrogens (primary N) is 1. The van der Waals surface area contributed by atoms with Crippen molar-refractivity contribution in [3.8, 4) is 0 Å². The minimum absolute atomic E-state index is 0.0111. The molecule has 16 heteroatoms. The highest BCUT2D eigenvalue weighted by Gasteiger charge is 2.32. The van der Waals surface area contributed by atoms with E-state index in [1.54, 1.807) is 51.1 Å². The van der Waals surface area contributed by atoms with Crippen LogP contribution in [0.5, 0.6) is 0 Å². The molecule has 0 aliphatic rings. The van der Waals surface area contributed by atoms with E-state index in [0.29, 0.717) is 12.2 Å². The maximum atomic E-state index is 13.6. The first-order chi connectivity index (χ1) is 24.4. The number of rotatable bonds is 23. The third-order valence-electron chi connectivity index (χ3n) is 8.49. The Morgan fingerprint density at radius 2 is 1.35 bits per heavy atom. The van der Waals surface area contributed by atoms with E-state index >= 15 is 0 Å². The van der Waals surface area contributed by atoms with E-state index in [9.17, 15) is 38.7 Å². The summed E-state index contributed by atoms with van der Waals surface area (Å²) < 4.78 is 0. The summed E-state index contributed by atoms with van der Waals surface area (Å²) in [5.41, 5.74) is 6.59. The van der Waals surface area contributed by atoms with Crippen LogP contribution in [-0.4, -0.2) is 101 Å². The molecule has 9 N–H and O–H groups in total. The number of carbonyl (C=O) groups excluding carboxylic acids is 6. The van der Waals surface area contributed by atoms with Crippen LogP contribution in [0.1, 0.15) is 73.3 Å².